The van der Waals surface area contributed by atoms with Gasteiger partial charge in [0.2, 0.25) is 0 Å². The van der Waals surface area contributed by atoms with Crippen LogP contribution in [0.2, 0.25) is 0 Å². The van der Waals surface area contributed by atoms with Crippen LogP contribution in [-0.4, -0.2) is 22.6 Å². The van der Waals surface area contributed by atoms with E-state index in [1.54, 1.807) is 11.3 Å². The van der Waals surface area contributed by atoms with E-state index in [0.29, 0.717) is 6.54 Å². The SMILES string of the molecule is O=C(O)CC1(NC(=O)NCc2ccsc2)CCC1. The highest BCUT2D eigenvalue weighted by Crippen LogP contribution is 2.34. The van der Waals surface area contributed by atoms with Gasteiger partial charge in [-0.2, -0.15) is 11.3 Å². The van der Waals surface area contributed by atoms with Crippen LogP contribution < -0.4 is 10.6 Å². The molecule has 0 radical (unpaired) electrons. The Balaban J connectivity index is 1.80. The lowest BCUT2D eigenvalue weighted by Crippen LogP contribution is -2.57. The van der Waals surface area contributed by atoms with Gasteiger partial charge in [-0.25, -0.2) is 4.79 Å². The smallest absolute Gasteiger partial charge is 0.315 e. The van der Waals surface area contributed by atoms with Gasteiger partial charge in [0.1, 0.15) is 0 Å². The second-order valence-corrected chi connectivity index (χ2v) is 5.42. The molecule has 0 atom stereocenters. The Bertz CT molecular complexity index is 427. The Hall–Kier alpha value is -1.56. The van der Waals surface area contributed by atoms with E-state index in [2.05, 4.69) is 10.6 Å². The van der Waals surface area contributed by atoms with Crippen LogP contribution in [0.1, 0.15) is 31.2 Å². The van der Waals surface area contributed by atoms with Crippen molar-refractivity contribution in [3.05, 3.63) is 22.4 Å². The minimum absolute atomic E-state index is 0.00112. The largest absolute Gasteiger partial charge is 0.481 e. The van der Waals surface area contributed by atoms with Crippen molar-refractivity contribution in [2.75, 3.05) is 0 Å². The first-order valence-electron chi connectivity index (χ1n) is 5.89. The highest BCUT2D eigenvalue weighted by molar-refractivity contribution is 7.07. The molecule has 98 valence electrons. The second-order valence-electron chi connectivity index (χ2n) is 4.64. The van der Waals surface area contributed by atoms with Gasteiger partial charge in [0.25, 0.3) is 0 Å². The molecule has 1 aromatic heterocycles. The molecular weight excluding hydrogens is 252 g/mol. The number of carboxylic acids is 1. The zero-order chi connectivity index (χ0) is 13.0. The number of carbonyl (C=O) groups excluding carboxylic acids is 1. The van der Waals surface area contributed by atoms with Gasteiger partial charge >= 0.3 is 12.0 Å². The Morgan fingerprint density at radius 2 is 2.22 bits per heavy atom. The van der Waals surface area contributed by atoms with Crippen LogP contribution in [0.5, 0.6) is 0 Å². The number of carbonyl (C=O) groups is 2. The quantitative estimate of drug-likeness (QED) is 0.763. The van der Waals surface area contributed by atoms with Gasteiger partial charge in [0.15, 0.2) is 0 Å². The van der Waals surface area contributed by atoms with Crippen molar-refractivity contribution >= 4 is 23.3 Å². The van der Waals surface area contributed by atoms with Crippen LogP contribution in [0.3, 0.4) is 0 Å². The lowest BCUT2D eigenvalue weighted by molar-refractivity contribution is -0.139. The molecule has 0 unspecified atom stereocenters. The lowest BCUT2D eigenvalue weighted by Gasteiger charge is -2.41. The van der Waals surface area contributed by atoms with Gasteiger partial charge in [0, 0.05) is 6.54 Å². The number of hydrogen-bond acceptors (Lipinski definition) is 3. The molecule has 0 aliphatic heterocycles. The van der Waals surface area contributed by atoms with Gasteiger partial charge in [-0.1, -0.05) is 0 Å². The molecule has 6 heteroatoms. The molecule has 1 aliphatic rings. The molecule has 0 aromatic carbocycles. The topological polar surface area (TPSA) is 78.4 Å². The van der Waals surface area contributed by atoms with Crippen LogP contribution >= 0.6 is 11.3 Å². The number of urea groups is 1. The van der Waals surface area contributed by atoms with Gasteiger partial charge in [-0.3, -0.25) is 4.79 Å². The molecule has 1 saturated carbocycles. The fourth-order valence-electron chi connectivity index (χ4n) is 2.10. The zero-order valence-electron chi connectivity index (χ0n) is 9.94. The van der Waals surface area contributed by atoms with Crippen molar-refractivity contribution in [1.29, 1.82) is 0 Å². The maximum Gasteiger partial charge on any atom is 0.315 e. The standard InChI is InChI=1S/C12H16N2O3S/c15-10(16)6-12(3-1-4-12)14-11(17)13-7-9-2-5-18-8-9/h2,5,8H,1,3-4,6-7H2,(H,15,16)(H2,13,14,17). The summed E-state index contributed by atoms with van der Waals surface area (Å²) in [6.07, 6.45) is 2.45. The summed E-state index contributed by atoms with van der Waals surface area (Å²) in [5, 5.41) is 18.3. The Labute approximate surface area is 109 Å². The normalized spacial score (nSPS) is 16.7. The molecular formula is C12H16N2O3S. The van der Waals surface area contributed by atoms with Gasteiger partial charge < -0.3 is 15.7 Å². The van der Waals surface area contributed by atoms with Crippen LogP contribution in [0, 0.1) is 0 Å². The average Bonchev–Trinajstić information content (AvgIpc) is 2.75. The molecule has 3 N–H and O–H groups in total. The number of amides is 2. The van der Waals surface area contributed by atoms with E-state index in [-0.39, 0.29) is 12.5 Å². The minimum atomic E-state index is -0.868. The maximum absolute atomic E-state index is 11.7. The zero-order valence-corrected chi connectivity index (χ0v) is 10.8. The maximum atomic E-state index is 11.7. The minimum Gasteiger partial charge on any atom is -0.481 e. The number of rotatable bonds is 5. The summed E-state index contributed by atoms with van der Waals surface area (Å²) < 4.78 is 0. The molecule has 5 nitrogen and oxygen atoms in total. The van der Waals surface area contributed by atoms with Gasteiger partial charge in [0.05, 0.1) is 12.0 Å². The molecule has 18 heavy (non-hydrogen) atoms. The van der Waals surface area contributed by atoms with E-state index in [9.17, 15) is 9.59 Å². The monoisotopic (exact) mass is 268 g/mol. The predicted molar refractivity (Wildman–Crippen MR) is 68.5 cm³/mol. The summed E-state index contributed by atoms with van der Waals surface area (Å²) in [5.41, 5.74) is 0.515. The summed E-state index contributed by atoms with van der Waals surface area (Å²) in [4.78, 5) is 22.5. The van der Waals surface area contributed by atoms with Crippen molar-refractivity contribution in [2.45, 2.75) is 37.8 Å². The van der Waals surface area contributed by atoms with E-state index in [0.717, 1.165) is 24.8 Å². The molecule has 0 spiro atoms. The number of thiophene rings is 1. The third-order valence-corrected chi connectivity index (χ3v) is 3.94. The predicted octanol–water partition coefficient (Wildman–Crippen LogP) is 1.94. The number of aliphatic carboxylic acids is 1. The van der Waals surface area contributed by atoms with E-state index < -0.39 is 11.5 Å². The van der Waals surface area contributed by atoms with E-state index >= 15 is 0 Å². The van der Waals surface area contributed by atoms with Gasteiger partial charge in [-0.05, 0) is 41.7 Å². The number of carboxylic acid groups (broad SMARTS) is 1. The van der Waals surface area contributed by atoms with Gasteiger partial charge in [-0.15, -0.1) is 0 Å². The Morgan fingerprint density at radius 3 is 2.72 bits per heavy atom. The van der Waals surface area contributed by atoms with Crippen LogP contribution in [0.4, 0.5) is 4.79 Å². The van der Waals surface area contributed by atoms with E-state index in [4.69, 9.17) is 5.11 Å². The Kier molecular flexibility index (Phi) is 3.86. The third-order valence-electron chi connectivity index (χ3n) is 3.21. The molecule has 2 rings (SSSR count). The third kappa shape index (κ3) is 3.22. The van der Waals surface area contributed by atoms with Crippen molar-refractivity contribution in [3.8, 4) is 0 Å². The van der Waals surface area contributed by atoms with Crippen LogP contribution in [0.25, 0.3) is 0 Å². The number of hydrogen-bond donors (Lipinski definition) is 3. The van der Waals surface area contributed by atoms with E-state index in [1.165, 1.54) is 0 Å². The first-order valence-corrected chi connectivity index (χ1v) is 6.83. The summed E-state index contributed by atoms with van der Waals surface area (Å²) >= 11 is 1.58. The average molecular weight is 268 g/mol. The second kappa shape index (κ2) is 5.39. The first-order chi connectivity index (χ1) is 8.60. The fourth-order valence-corrected chi connectivity index (χ4v) is 2.77. The molecule has 1 heterocycles. The molecule has 1 fully saturated rings. The summed E-state index contributed by atoms with van der Waals surface area (Å²) in [5.74, 6) is -0.868. The summed E-state index contributed by atoms with van der Waals surface area (Å²) in [6.45, 7) is 0.471. The first kappa shape index (κ1) is 12.9. The van der Waals surface area contributed by atoms with Crippen molar-refractivity contribution in [2.24, 2.45) is 0 Å². The molecule has 0 bridgehead atoms. The fraction of sp³-hybridized carbons (Fsp3) is 0.500. The Morgan fingerprint density at radius 1 is 1.44 bits per heavy atom. The van der Waals surface area contributed by atoms with Crippen LogP contribution in [0.15, 0.2) is 16.8 Å². The molecule has 2 amide bonds. The molecule has 1 aromatic rings. The highest BCUT2D eigenvalue weighted by atomic mass is 32.1. The van der Waals surface area contributed by atoms with Crippen molar-refractivity contribution in [3.63, 3.8) is 0 Å². The van der Waals surface area contributed by atoms with Crippen molar-refractivity contribution < 1.29 is 14.7 Å². The lowest BCUT2D eigenvalue weighted by atomic mass is 9.74. The van der Waals surface area contributed by atoms with Crippen LogP contribution in [-0.2, 0) is 11.3 Å². The summed E-state index contributed by atoms with van der Waals surface area (Å²) in [7, 11) is 0. The van der Waals surface area contributed by atoms with Crippen molar-refractivity contribution in [1.82, 2.24) is 10.6 Å². The van der Waals surface area contributed by atoms with E-state index in [1.807, 2.05) is 16.8 Å². The molecule has 0 saturated heterocycles. The summed E-state index contributed by atoms with van der Waals surface area (Å²) in [6, 6.07) is 1.66. The highest BCUT2D eigenvalue weighted by Gasteiger charge is 2.40. The molecule has 1 aliphatic carbocycles. The number of nitrogens with one attached hydrogen (secondary N) is 2.